The highest BCUT2D eigenvalue weighted by atomic mass is 35.5. The van der Waals surface area contributed by atoms with Gasteiger partial charge in [0.05, 0.1) is 5.54 Å². The maximum atomic E-state index is 12.4. The number of halogens is 2. The maximum Gasteiger partial charge on any atom is 0.242 e. The first kappa shape index (κ1) is 16.6. The molecule has 0 aromatic heterocycles. The summed E-state index contributed by atoms with van der Waals surface area (Å²) >= 11 is 5.89. The van der Waals surface area contributed by atoms with Gasteiger partial charge in [-0.1, -0.05) is 23.7 Å². The lowest BCUT2D eigenvalue weighted by molar-refractivity contribution is -0.133. The first-order chi connectivity index (χ1) is 9.57. The quantitative estimate of drug-likeness (QED) is 0.872. The van der Waals surface area contributed by atoms with Gasteiger partial charge in [0.25, 0.3) is 0 Å². The van der Waals surface area contributed by atoms with Crippen LogP contribution >= 0.6 is 24.0 Å². The Morgan fingerprint density at radius 1 is 1.29 bits per heavy atom. The zero-order valence-electron chi connectivity index (χ0n) is 12.1. The van der Waals surface area contributed by atoms with Crippen molar-refractivity contribution in [2.24, 2.45) is 11.7 Å². The average Bonchev–Trinajstić information content (AvgIpc) is 3.34. The summed E-state index contributed by atoms with van der Waals surface area (Å²) in [5, 5.41) is 0.749. The van der Waals surface area contributed by atoms with Gasteiger partial charge < -0.3 is 10.6 Å². The van der Waals surface area contributed by atoms with Crippen molar-refractivity contribution in [2.45, 2.75) is 37.6 Å². The minimum atomic E-state index is -0.547. The van der Waals surface area contributed by atoms with Crippen LogP contribution in [0.3, 0.4) is 0 Å². The number of nitrogens with zero attached hydrogens (tertiary/aromatic N) is 1. The van der Waals surface area contributed by atoms with Gasteiger partial charge in [-0.25, -0.2) is 0 Å². The van der Waals surface area contributed by atoms with Crippen LogP contribution in [-0.4, -0.2) is 29.4 Å². The van der Waals surface area contributed by atoms with E-state index in [1.807, 2.05) is 29.2 Å². The summed E-state index contributed by atoms with van der Waals surface area (Å²) in [6.07, 6.45) is 5.05. The first-order valence-electron chi connectivity index (χ1n) is 7.39. The molecule has 3 rings (SSSR count). The molecule has 2 aliphatic carbocycles. The summed E-state index contributed by atoms with van der Waals surface area (Å²) in [6.45, 7) is 1.64. The van der Waals surface area contributed by atoms with Crippen molar-refractivity contribution < 1.29 is 4.79 Å². The number of hydrogen-bond acceptors (Lipinski definition) is 2. The van der Waals surface area contributed by atoms with E-state index in [1.54, 1.807) is 0 Å². The lowest BCUT2D eigenvalue weighted by atomic mass is 10.1. The maximum absolute atomic E-state index is 12.4. The molecule has 1 amide bonds. The van der Waals surface area contributed by atoms with E-state index in [9.17, 15) is 4.79 Å². The zero-order valence-corrected chi connectivity index (χ0v) is 13.6. The van der Waals surface area contributed by atoms with Crippen LogP contribution in [0.1, 0.15) is 31.2 Å². The minimum absolute atomic E-state index is 0. The Labute approximate surface area is 137 Å². The number of amides is 1. The number of benzene rings is 1. The SMILES string of the molecule is Cl.NC1(C(=O)N(CCc2ccc(Cl)cc2)CC2CC2)CC1. The molecule has 0 bridgehead atoms. The van der Waals surface area contributed by atoms with Crippen molar-refractivity contribution in [3.63, 3.8) is 0 Å². The van der Waals surface area contributed by atoms with Gasteiger partial charge >= 0.3 is 0 Å². The molecule has 0 saturated heterocycles. The van der Waals surface area contributed by atoms with Crippen LogP contribution in [0.15, 0.2) is 24.3 Å². The van der Waals surface area contributed by atoms with Crippen LogP contribution in [0, 0.1) is 5.92 Å². The second-order valence-corrected chi connectivity index (χ2v) is 6.66. The predicted octanol–water partition coefficient (Wildman–Crippen LogP) is 3.03. The van der Waals surface area contributed by atoms with Crippen LogP contribution in [0.4, 0.5) is 0 Å². The molecule has 2 saturated carbocycles. The average molecular weight is 329 g/mol. The van der Waals surface area contributed by atoms with Gasteiger partial charge in [-0.05, 0) is 55.7 Å². The smallest absolute Gasteiger partial charge is 0.242 e. The molecule has 0 atom stereocenters. The number of rotatable bonds is 6. The highest BCUT2D eigenvalue weighted by molar-refractivity contribution is 6.30. The molecule has 0 aliphatic heterocycles. The fourth-order valence-corrected chi connectivity index (χ4v) is 2.59. The summed E-state index contributed by atoms with van der Waals surface area (Å²) in [5.74, 6) is 0.852. The van der Waals surface area contributed by atoms with E-state index in [2.05, 4.69) is 0 Å². The van der Waals surface area contributed by atoms with Crippen LogP contribution in [0.25, 0.3) is 0 Å². The van der Waals surface area contributed by atoms with E-state index in [0.29, 0.717) is 5.92 Å². The predicted molar refractivity (Wildman–Crippen MR) is 87.9 cm³/mol. The highest BCUT2D eigenvalue weighted by Gasteiger charge is 2.48. The highest BCUT2D eigenvalue weighted by Crippen LogP contribution is 2.36. The molecule has 0 spiro atoms. The lowest BCUT2D eigenvalue weighted by Gasteiger charge is -2.25. The number of carbonyl (C=O) groups excluding carboxylic acids is 1. The number of hydrogen-bond donors (Lipinski definition) is 1. The molecule has 1 aromatic carbocycles. The third-order valence-electron chi connectivity index (χ3n) is 4.26. The second kappa shape index (κ2) is 6.55. The Bertz CT molecular complexity index is 496. The lowest BCUT2D eigenvalue weighted by Crippen LogP contribution is -2.47. The summed E-state index contributed by atoms with van der Waals surface area (Å²) in [5.41, 5.74) is 6.73. The summed E-state index contributed by atoms with van der Waals surface area (Å²) in [7, 11) is 0. The summed E-state index contributed by atoms with van der Waals surface area (Å²) in [6, 6.07) is 7.85. The normalized spacial score (nSPS) is 18.8. The van der Waals surface area contributed by atoms with Gasteiger partial charge in [0.15, 0.2) is 0 Å². The molecule has 0 unspecified atom stereocenters. The van der Waals surface area contributed by atoms with Gasteiger partial charge in [0.2, 0.25) is 5.91 Å². The Morgan fingerprint density at radius 2 is 1.90 bits per heavy atom. The molecule has 1 aromatic rings. The van der Waals surface area contributed by atoms with Crippen LogP contribution in [0.2, 0.25) is 5.02 Å². The molecule has 5 heteroatoms. The van der Waals surface area contributed by atoms with E-state index in [-0.39, 0.29) is 18.3 Å². The molecule has 2 fully saturated rings. The fraction of sp³-hybridized carbons (Fsp3) is 0.562. The van der Waals surface area contributed by atoms with Crippen molar-refractivity contribution >= 4 is 29.9 Å². The van der Waals surface area contributed by atoms with Crippen LogP contribution < -0.4 is 5.73 Å². The van der Waals surface area contributed by atoms with E-state index in [4.69, 9.17) is 17.3 Å². The van der Waals surface area contributed by atoms with E-state index >= 15 is 0 Å². The topological polar surface area (TPSA) is 46.3 Å². The molecule has 3 nitrogen and oxygen atoms in total. The molecule has 0 radical (unpaired) electrons. The molecule has 2 aliphatic rings. The summed E-state index contributed by atoms with van der Waals surface area (Å²) < 4.78 is 0. The first-order valence-corrected chi connectivity index (χ1v) is 7.77. The van der Waals surface area contributed by atoms with Crippen molar-refractivity contribution in [3.05, 3.63) is 34.9 Å². The van der Waals surface area contributed by atoms with E-state index in [1.165, 1.54) is 18.4 Å². The minimum Gasteiger partial charge on any atom is -0.340 e. The Morgan fingerprint density at radius 3 is 2.43 bits per heavy atom. The third-order valence-corrected chi connectivity index (χ3v) is 4.51. The Kier molecular flexibility index (Phi) is 5.18. The van der Waals surface area contributed by atoms with E-state index < -0.39 is 5.54 Å². The standard InChI is InChI=1S/C16H21ClN2O.ClH/c17-14-5-3-12(4-6-14)7-10-19(11-13-1-2-13)15(20)16(18)8-9-16;/h3-6,13H,1-2,7-11,18H2;1H. The largest absolute Gasteiger partial charge is 0.340 e. The van der Waals surface area contributed by atoms with Gasteiger partial charge in [0.1, 0.15) is 0 Å². The van der Waals surface area contributed by atoms with Crippen molar-refractivity contribution in [2.75, 3.05) is 13.1 Å². The van der Waals surface area contributed by atoms with Gasteiger partial charge in [-0.3, -0.25) is 4.79 Å². The fourth-order valence-electron chi connectivity index (χ4n) is 2.47. The molecule has 2 N–H and O–H groups in total. The second-order valence-electron chi connectivity index (χ2n) is 6.23. The third kappa shape index (κ3) is 4.35. The zero-order chi connectivity index (χ0) is 14.2. The van der Waals surface area contributed by atoms with Crippen LogP contribution in [0.5, 0.6) is 0 Å². The van der Waals surface area contributed by atoms with Crippen molar-refractivity contribution in [3.8, 4) is 0 Å². The molecule has 0 heterocycles. The molecule has 21 heavy (non-hydrogen) atoms. The number of carbonyl (C=O) groups is 1. The van der Waals surface area contributed by atoms with Crippen molar-refractivity contribution in [1.82, 2.24) is 4.90 Å². The van der Waals surface area contributed by atoms with Crippen molar-refractivity contribution in [1.29, 1.82) is 0 Å². The van der Waals surface area contributed by atoms with Gasteiger partial charge in [-0.2, -0.15) is 0 Å². The Balaban J connectivity index is 0.00000161. The molecule has 116 valence electrons. The van der Waals surface area contributed by atoms with E-state index in [0.717, 1.165) is 37.4 Å². The monoisotopic (exact) mass is 328 g/mol. The Hall–Kier alpha value is -0.770. The van der Waals surface area contributed by atoms with Crippen LogP contribution in [-0.2, 0) is 11.2 Å². The number of nitrogens with two attached hydrogens (primary N) is 1. The van der Waals surface area contributed by atoms with Gasteiger partial charge in [-0.15, -0.1) is 12.4 Å². The molecular formula is C16H22Cl2N2O. The molecular weight excluding hydrogens is 307 g/mol. The van der Waals surface area contributed by atoms with Gasteiger partial charge in [0, 0.05) is 18.1 Å². The summed E-state index contributed by atoms with van der Waals surface area (Å²) in [4.78, 5) is 14.4.